The molecule has 24 heavy (non-hydrogen) atoms. The molecule has 0 aromatic heterocycles. The van der Waals surface area contributed by atoms with E-state index in [1.807, 2.05) is 0 Å². The summed E-state index contributed by atoms with van der Waals surface area (Å²) in [6.45, 7) is 2.24. The lowest BCUT2D eigenvalue weighted by Gasteiger charge is -2.14. The number of rotatable bonds is 14. The smallest absolute Gasteiger partial charge is 0.303 e. The van der Waals surface area contributed by atoms with Crippen LogP contribution in [-0.4, -0.2) is 16.9 Å². The molecular formula is C21H36O3. The van der Waals surface area contributed by atoms with Crippen molar-refractivity contribution in [3.05, 3.63) is 12.2 Å². The molecule has 0 aliphatic heterocycles. The second kappa shape index (κ2) is 13.2. The number of carboxylic acids is 1. The number of carbonyl (C=O) groups excluding carboxylic acids is 1. The van der Waals surface area contributed by atoms with Gasteiger partial charge in [0.25, 0.3) is 0 Å². The number of ketones is 1. The summed E-state index contributed by atoms with van der Waals surface area (Å²) >= 11 is 0. The summed E-state index contributed by atoms with van der Waals surface area (Å²) < 4.78 is 0. The second-order valence-corrected chi connectivity index (χ2v) is 7.25. The topological polar surface area (TPSA) is 54.4 Å². The Bertz CT molecular complexity index is 387. The standard InChI is InChI=1S/C21H36O3/c1-2-3-4-5-6-7-10-13-18-16-17-20(22)19(18)14-11-8-9-12-15-21(23)24/h10,13,18-19H,2-9,11-12,14-17H2,1H3,(H,23,24)/t18-,19+/m0/s1. The van der Waals surface area contributed by atoms with E-state index in [1.165, 1.54) is 32.1 Å². The highest BCUT2D eigenvalue weighted by atomic mass is 16.4. The zero-order chi connectivity index (χ0) is 17.6. The van der Waals surface area contributed by atoms with Crippen LogP contribution in [0.15, 0.2) is 12.2 Å². The van der Waals surface area contributed by atoms with Gasteiger partial charge >= 0.3 is 5.97 Å². The highest BCUT2D eigenvalue weighted by molar-refractivity contribution is 5.83. The van der Waals surface area contributed by atoms with Crippen LogP contribution in [0.2, 0.25) is 0 Å². The molecular weight excluding hydrogens is 300 g/mol. The van der Waals surface area contributed by atoms with Crippen molar-refractivity contribution in [3.8, 4) is 0 Å². The molecule has 1 fully saturated rings. The summed E-state index contributed by atoms with van der Waals surface area (Å²) in [4.78, 5) is 22.6. The van der Waals surface area contributed by atoms with Crippen molar-refractivity contribution >= 4 is 11.8 Å². The third kappa shape index (κ3) is 9.24. The summed E-state index contributed by atoms with van der Waals surface area (Å²) in [5, 5.41) is 8.62. The first-order valence-corrected chi connectivity index (χ1v) is 10.1. The minimum Gasteiger partial charge on any atom is -0.481 e. The third-order valence-electron chi connectivity index (χ3n) is 5.17. The molecule has 1 saturated carbocycles. The average molecular weight is 337 g/mol. The Balaban J connectivity index is 2.17. The molecule has 0 bridgehead atoms. The van der Waals surface area contributed by atoms with Crippen molar-refractivity contribution in [2.75, 3.05) is 0 Å². The molecule has 2 atom stereocenters. The van der Waals surface area contributed by atoms with Crippen LogP contribution in [0.3, 0.4) is 0 Å². The first-order valence-electron chi connectivity index (χ1n) is 10.1. The maximum atomic E-state index is 12.1. The number of aliphatic carboxylic acids is 1. The number of unbranched alkanes of at least 4 members (excludes halogenated alkanes) is 8. The molecule has 0 amide bonds. The van der Waals surface area contributed by atoms with E-state index >= 15 is 0 Å². The predicted octanol–water partition coefficient (Wildman–Crippen LogP) is 5.92. The minimum absolute atomic E-state index is 0.223. The molecule has 3 heteroatoms. The summed E-state index contributed by atoms with van der Waals surface area (Å²) in [6.07, 6.45) is 19.2. The van der Waals surface area contributed by atoms with Crippen LogP contribution in [0.25, 0.3) is 0 Å². The molecule has 0 heterocycles. The van der Waals surface area contributed by atoms with E-state index in [0.29, 0.717) is 11.7 Å². The zero-order valence-electron chi connectivity index (χ0n) is 15.5. The van der Waals surface area contributed by atoms with E-state index in [9.17, 15) is 9.59 Å². The Labute approximate surface area is 147 Å². The number of allylic oxidation sites excluding steroid dienone is 2. The molecule has 1 aliphatic carbocycles. The van der Waals surface area contributed by atoms with Gasteiger partial charge in [-0.2, -0.15) is 0 Å². The maximum Gasteiger partial charge on any atom is 0.303 e. The number of hydrogen-bond donors (Lipinski definition) is 1. The fraction of sp³-hybridized carbons (Fsp3) is 0.810. The molecule has 0 radical (unpaired) electrons. The van der Waals surface area contributed by atoms with Gasteiger partial charge < -0.3 is 5.11 Å². The number of hydrogen-bond acceptors (Lipinski definition) is 2. The van der Waals surface area contributed by atoms with Crippen LogP contribution in [0, 0.1) is 11.8 Å². The zero-order valence-corrected chi connectivity index (χ0v) is 15.5. The first kappa shape index (κ1) is 20.9. The summed E-state index contributed by atoms with van der Waals surface area (Å²) in [5.74, 6) is 0.409. The van der Waals surface area contributed by atoms with E-state index in [0.717, 1.165) is 51.4 Å². The minimum atomic E-state index is -0.708. The Kier molecular flexibility index (Phi) is 11.5. The molecule has 138 valence electrons. The molecule has 0 unspecified atom stereocenters. The van der Waals surface area contributed by atoms with Crippen molar-refractivity contribution in [1.82, 2.24) is 0 Å². The molecule has 3 nitrogen and oxygen atoms in total. The fourth-order valence-corrected chi connectivity index (χ4v) is 3.67. The number of carboxylic acid groups (broad SMARTS) is 1. The Morgan fingerprint density at radius 1 is 1.08 bits per heavy atom. The lowest BCUT2D eigenvalue weighted by Crippen LogP contribution is -2.13. The van der Waals surface area contributed by atoms with Gasteiger partial charge in [-0.1, -0.05) is 64.0 Å². The van der Waals surface area contributed by atoms with Crippen LogP contribution >= 0.6 is 0 Å². The van der Waals surface area contributed by atoms with Crippen molar-refractivity contribution < 1.29 is 14.7 Å². The van der Waals surface area contributed by atoms with E-state index in [2.05, 4.69) is 19.1 Å². The van der Waals surface area contributed by atoms with Crippen LogP contribution in [-0.2, 0) is 9.59 Å². The summed E-state index contributed by atoms with van der Waals surface area (Å²) in [5.41, 5.74) is 0. The van der Waals surface area contributed by atoms with Gasteiger partial charge in [0, 0.05) is 18.8 Å². The average Bonchev–Trinajstić information content (AvgIpc) is 2.90. The van der Waals surface area contributed by atoms with Crippen molar-refractivity contribution in [3.63, 3.8) is 0 Å². The second-order valence-electron chi connectivity index (χ2n) is 7.25. The van der Waals surface area contributed by atoms with Crippen LogP contribution in [0.4, 0.5) is 0 Å². The fourth-order valence-electron chi connectivity index (χ4n) is 3.67. The van der Waals surface area contributed by atoms with Crippen LogP contribution < -0.4 is 0 Å². The highest BCUT2D eigenvalue weighted by Gasteiger charge is 2.31. The predicted molar refractivity (Wildman–Crippen MR) is 99.1 cm³/mol. The van der Waals surface area contributed by atoms with Gasteiger partial charge in [-0.15, -0.1) is 0 Å². The van der Waals surface area contributed by atoms with Gasteiger partial charge in [0.1, 0.15) is 5.78 Å². The highest BCUT2D eigenvalue weighted by Crippen LogP contribution is 2.34. The van der Waals surface area contributed by atoms with E-state index in [1.54, 1.807) is 0 Å². The van der Waals surface area contributed by atoms with Crippen molar-refractivity contribution in [1.29, 1.82) is 0 Å². The van der Waals surface area contributed by atoms with E-state index in [-0.39, 0.29) is 12.3 Å². The van der Waals surface area contributed by atoms with Gasteiger partial charge in [-0.25, -0.2) is 0 Å². The largest absolute Gasteiger partial charge is 0.481 e. The SMILES string of the molecule is CCCCCCCC=C[C@H]1CCC(=O)[C@@H]1CCCCCCC(=O)O. The van der Waals surface area contributed by atoms with Crippen LogP contribution in [0.1, 0.15) is 96.8 Å². The molecule has 1 N–H and O–H groups in total. The van der Waals surface area contributed by atoms with Gasteiger partial charge in [-0.05, 0) is 38.0 Å². The van der Waals surface area contributed by atoms with Gasteiger partial charge in [0.15, 0.2) is 0 Å². The monoisotopic (exact) mass is 336 g/mol. The lowest BCUT2D eigenvalue weighted by molar-refractivity contribution is -0.137. The third-order valence-corrected chi connectivity index (χ3v) is 5.17. The quantitative estimate of drug-likeness (QED) is 0.316. The van der Waals surface area contributed by atoms with E-state index < -0.39 is 5.97 Å². The summed E-state index contributed by atoms with van der Waals surface area (Å²) in [7, 11) is 0. The lowest BCUT2D eigenvalue weighted by atomic mass is 9.89. The van der Waals surface area contributed by atoms with Crippen molar-refractivity contribution in [2.45, 2.75) is 96.8 Å². The van der Waals surface area contributed by atoms with Crippen LogP contribution in [0.5, 0.6) is 0 Å². The van der Waals surface area contributed by atoms with Crippen molar-refractivity contribution in [2.24, 2.45) is 11.8 Å². The molecule has 1 aliphatic rings. The Morgan fingerprint density at radius 2 is 1.79 bits per heavy atom. The molecule has 0 aromatic rings. The molecule has 0 saturated heterocycles. The molecule has 1 rings (SSSR count). The number of Topliss-reactive ketones (excluding diaryl/α,β-unsaturated/α-hetero) is 1. The van der Waals surface area contributed by atoms with E-state index in [4.69, 9.17) is 5.11 Å². The summed E-state index contributed by atoms with van der Waals surface area (Å²) in [6, 6.07) is 0. The molecule has 0 spiro atoms. The maximum absolute atomic E-state index is 12.1. The first-order chi connectivity index (χ1) is 11.6. The molecule has 0 aromatic carbocycles. The van der Waals surface area contributed by atoms with Gasteiger partial charge in [-0.3, -0.25) is 9.59 Å². The normalized spacial score (nSPS) is 21.0. The van der Waals surface area contributed by atoms with Gasteiger partial charge in [0.05, 0.1) is 0 Å². The number of carbonyl (C=O) groups is 2. The van der Waals surface area contributed by atoms with Gasteiger partial charge in [0.2, 0.25) is 0 Å². The Hall–Kier alpha value is -1.12. The Morgan fingerprint density at radius 3 is 2.54 bits per heavy atom.